The minimum absolute atomic E-state index is 0.297. The molecule has 2 aromatic carbocycles. The maximum absolute atomic E-state index is 6.25. The van der Waals surface area contributed by atoms with E-state index in [2.05, 4.69) is 101 Å². The Morgan fingerprint density at radius 3 is 1.28 bits per heavy atom. The zero-order chi connectivity index (χ0) is 27.5. The second-order valence-corrected chi connectivity index (χ2v) is 12.4. The molecule has 4 rings (SSSR count). The number of unbranched alkanes of at least 4 members (excludes halogenated alkanes) is 4. The Balaban J connectivity index is 1.09. The van der Waals surface area contributed by atoms with E-state index in [-0.39, 0.29) is 0 Å². The van der Waals surface area contributed by atoms with Gasteiger partial charge < -0.3 is 10.6 Å². The molecule has 8 heteroatoms. The molecule has 2 aromatic heterocycles. The van der Waals surface area contributed by atoms with Crippen molar-refractivity contribution in [3.8, 4) is 0 Å². The smallest absolute Gasteiger partial charge is 0.211 e. The van der Waals surface area contributed by atoms with E-state index in [4.69, 9.17) is 23.2 Å². The largest absolute Gasteiger partial charge is 0.354 e. The quantitative estimate of drug-likeness (QED) is 0.0783. The predicted molar refractivity (Wildman–Crippen MR) is 171 cm³/mol. The Kier molecular flexibility index (Phi) is 11.9. The molecule has 0 aliphatic carbocycles. The third-order valence-corrected chi connectivity index (χ3v) is 9.06. The minimum Gasteiger partial charge on any atom is -0.354 e. The highest BCUT2D eigenvalue weighted by atomic mass is 79.9. The first kappa shape index (κ1) is 29.9. The van der Waals surface area contributed by atoms with E-state index in [0.717, 1.165) is 45.6 Å². The first-order valence-electron chi connectivity index (χ1n) is 13.3. The van der Waals surface area contributed by atoms with Crippen molar-refractivity contribution >= 4 is 77.8 Å². The molecule has 2 atom stereocenters. The molecule has 0 saturated carbocycles. The van der Waals surface area contributed by atoms with Gasteiger partial charge in [-0.15, -0.1) is 0 Å². The molecule has 2 unspecified atom stereocenters. The zero-order valence-corrected chi connectivity index (χ0v) is 26.4. The number of hydrogen-bond donors (Lipinski definition) is 2. The number of hydrogen-bond acceptors (Lipinski definition) is 2. The minimum atomic E-state index is 0.297. The van der Waals surface area contributed by atoms with Crippen molar-refractivity contribution in [2.24, 2.45) is 0 Å². The number of nitrogens with one attached hydrogen (secondary N) is 2. The molecule has 0 amide bonds. The monoisotopic (exact) mass is 690 g/mol. The van der Waals surface area contributed by atoms with Gasteiger partial charge in [-0.3, -0.25) is 0 Å². The number of anilines is 4. The highest BCUT2D eigenvalue weighted by Gasteiger charge is 2.15. The van der Waals surface area contributed by atoms with Crippen LogP contribution < -0.4 is 19.8 Å². The van der Waals surface area contributed by atoms with Crippen molar-refractivity contribution in [1.82, 2.24) is 0 Å². The van der Waals surface area contributed by atoms with Crippen LogP contribution in [0.1, 0.15) is 54.8 Å². The number of benzene rings is 2. The van der Waals surface area contributed by atoms with Crippen LogP contribution in [0.5, 0.6) is 0 Å². The van der Waals surface area contributed by atoms with E-state index in [0.29, 0.717) is 9.90 Å². The maximum Gasteiger partial charge on any atom is 0.211 e. The third-order valence-electron chi connectivity index (χ3n) is 6.54. The van der Waals surface area contributed by atoms with Crippen LogP contribution in [-0.4, -0.2) is 0 Å². The van der Waals surface area contributed by atoms with Gasteiger partial charge in [-0.05, 0) is 69.0 Å². The van der Waals surface area contributed by atoms with Gasteiger partial charge in [0, 0.05) is 37.1 Å². The van der Waals surface area contributed by atoms with Crippen LogP contribution >= 0.6 is 55.1 Å². The van der Waals surface area contributed by atoms with Crippen molar-refractivity contribution in [3.63, 3.8) is 0 Å². The molecule has 204 valence electrons. The summed E-state index contributed by atoms with van der Waals surface area (Å²) < 4.78 is 4.42. The summed E-state index contributed by atoms with van der Waals surface area (Å²) in [6.07, 6.45) is 16.8. The molecule has 0 aliphatic rings. The standard InChI is InChI=1S/C31H32Br2Cl2N4/c32-30(38-20-16-24(17-21-38)36-28-12-8-6-10-26(28)34)14-4-2-1-3-5-15-31(33)39-22-18-25(19-23-39)37-29-13-9-7-11-27(29)35/h6-13,16-23,30-31H,1-5,14-15H2/p+2. The third kappa shape index (κ3) is 9.49. The molecule has 39 heavy (non-hydrogen) atoms. The lowest BCUT2D eigenvalue weighted by Crippen LogP contribution is -2.35. The van der Waals surface area contributed by atoms with E-state index in [1.54, 1.807) is 0 Å². The van der Waals surface area contributed by atoms with Gasteiger partial charge in [-0.25, -0.2) is 0 Å². The molecule has 0 aliphatic heterocycles. The summed E-state index contributed by atoms with van der Waals surface area (Å²) in [5, 5.41) is 8.17. The molecule has 0 radical (unpaired) electrons. The number of nitrogens with zero attached hydrogens (tertiary/aromatic N) is 2. The number of para-hydroxylation sites is 2. The normalized spacial score (nSPS) is 12.6. The lowest BCUT2D eigenvalue weighted by molar-refractivity contribution is -0.698. The Labute approximate surface area is 258 Å². The number of alkyl halides is 2. The second-order valence-electron chi connectivity index (χ2n) is 9.49. The SMILES string of the molecule is Clc1ccccc1Nc1cc[n+](C(Br)CCCCCCCC(Br)[n+]2ccc(Nc3ccccc3Cl)cc2)cc1. The summed E-state index contributed by atoms with van der Waals surface area (Å²) >= 11 is 20.2. The molecule has 2 N–H and O–H groups in total. The van der Waals surface area contributed by atoms with Crippen molar-refractivity contribution in [3.05, 3.63) is 108 Å². The molecular weight excluding hydrogens is 659 g/mol. The van der Waals surface area contributed by atoms with Gasteiger partial charge in [-0.1, -0.05) is 66.7 Å². The van der Waals surface area contributed by atoms with Gasteiger partial charge in [0.05, 0.1) is 32.8 Å². The fourth-order valence-electron chi connectivity index (χ4n) is 4.31. The van der Waals surface area contributed by atoms with Gasteiger partial charge in [0.25, 0.3) is 0 Å². The molecular formula is C31H34Br2Cl2N4+2. The maximum atomic E-state index is 6.25. The molecule has 4 nitrogen and oxygen atoms in total. The zero-order valence-electron chi connectivity index (χ0n) is 21.7. The first-order valence-corrected chi connectivity index (χ1v) is 15.9. The highest BCUT2D eigenvalue weighted by Crippen LogP contribution is 2.26. The number of halogens is 4. The fraction of sp³-hybridized carbons (Fsp3) is 0.290. The van der Waals surface area contributed by atoms with E-state index in [1.165, 1.54) is 32.1 Å². The van der Waals surface area contributed by atoms with E-state index < -0.39 is 0 Å². The van der Waals surface area contributed by atoms with Crippen molar-refractivity contribution in [1.29, 1.82) is 0 Å². The molecule has 0 fully saturated rings. The number of pyridine rings is 2. The van der Waals surface area contributed by atoms with Gasteiger partial charge in [-0.2, -0.15) is 9.13 Å². The topological polar surface area (TPSA) is 31.8 Å². The predicted octanol–water partition coefficient (Wildman–Crippen LogP) is 10.3. The van der Waals surface area contributed by atoms with Crippen LogP contribution in [0.25, 0.3) is 0 Å². The van der Waals surface area contributed by atoms with Crippen molar-refractivity contribution < 1.29 is 9.13 Å². The summed E-state index contributed by atoms with van der Waals surface area (Å²) in [6, 6.07) is 23.9. The lowest BCUT2D eigenvalue weighted by Gasteiger charge is -2.10. The molecule has 0 spiro atoms. The molecule has 2 heterocycles. The number of rotatable bonds is 14. The Hall–Kier alpha value is -2.12. The van der Waals surface area contributed by atoms with Gasteiger partial charge in [0.2, 0.25) is 9.90 Å². The summed E-state index contributed by atoms with van der Waals surface area (Å²) in [4.78, 5) is 0.594. The van der Waals surface area contributed by atoms with Crippen molar-refractivity contribution in [2.75, 3.05) is 10.6 Å². The van der Waals surface area contributed by atoms with Crippen LogP contribution in [0, 0.1) is 0 Å². The van der Waals surface area contributed by atoms with E-state index in [9.17, 15) is 0 Å². The summed E-state index contributed by atoms with van der Waals surface area (Å²) in [7, 11) is 0. The Bertz CT molecular complexity index is 1200. The second kappa shape index (κ2) is 15.6. The van der Waals surface area contributed by atoms with E-state index in [1.807, 2.05) is 48.5 Å². The lowest BCUT2D eigenvalue weighted by atomic mass is 10.1. The van der Waals surface area contributed by atoms with Crippen LogP contribution in [0.15, 0.2) is 97.6 Å². The van der Waals surface area contributed by atoms with E-state index >= 15 is 0 Å². The Morgan fingerprint density at radius 1 is 0.538 bits per heavy atom. The summed E-state index contributed by atoms with van der Waals surface area (Å²) in [6.45, 7) is 0. The fourth-order valence-corrected chi connectivity index (χ4v) is 5.87. The van der Waals surface area contributed by atoms with Gasteiger partial charge in [0.15, 0.2) is 24.8 Å². The summed E-state index contributed by atoms with van der Waals surface area (Å²) in [5.74, 6) is 0. The average Bonchev–Trinajstić information content (AvgIpc) is 2.95. The number of aromatic nitrogens is 2. The first-order chi connectivity index (χ1) is 19.0. The molecule has 0 saturated heterocycles. The highest BCUT2D eigenvalue weighted by molar-refractivity contribution is 9.09. The molecule has 4 aromatic rings. The molecule has 0 bridgehead atoms. The van der Waals surface area contributed by atoms with Crippen molar-refractivity contribution in [2.45, 2.75) is 54.8 Å². The van der Waals surface area contributed by atoms with Crippen LogP contribution in [0.2, 0.25) is 10.0 Å². The Morgan fingerprint density at radius 2 is 0.897 bits per heavy atom. The summed E-state index contributed by atoms with van der Waals surface area (Å²) in [5.41, 5.74) is 3.87. The van der Waals surface area contributed by atoms with Crippen LogP contribution in [-0.2, 0) is 0 Å². The van der Waals surface area contributed by atoms with Crippen LogP contribution in [0.3, 0.4) is 0 Å². The average molecular weight is 693 g/mol. The van der Waals surface area contributed by atoms with Gasteiger partial charge >= 0.3 is 0 Å². The van der Waals surface area contributed by atoms with Gasteiger partial charge in [0.1, 0.15) is 0 Å². The van der Waals surface area contributed by atoms with Crippen LogP contribution in [0.4, 0.5) is 22.7 Å².